The number of fused-ring (bicyclic) bond motifs is 3. The van der Waals surface area contributed by atoms with Gasteiger partial charge < -0.3 is 19.6 Å². The highest BCUT2D eigenvalue weighted by Crippen LogP contribution is 2.39. The summed E-state index contributed by atoms with van der Waals surface area (Å²) in [7, 11) is 0. The molecule has 2 N–H and O–H groups in total. The highest BCUT2D eigenvalue weighted by Gasteiger charge is 2.41. The number of carbonyl (C=O) groups is 1. The van der Waals surface area contributed by atoms with Gasteiger partial charge in [-0.15, -0.1) is 0 Å². The first kappa shape index (κ1) is 18.3. The molecule has 0 bridgehead atoms. The number of anilines is 1. The molecule has 1 aliphatic heterocycles. The molecule has 4 aromatic heterocycles. The average Bonchev–Trinajstić information content (AvgIpc) is 3.49. The molecule has 0 spiro atoms. The number of imidazole rings is 1. The summed E-state index contributed by atoms with van der Waals surface area (Å²) in [5, 5.41) is 4.30. The largest absolute Gasteiger partial charge is 0.351 e. The number of nitrogens with zero attached hydrogens (tertiary/aromatic N) is 5. The van der Waals surface area contributed by atoms with E-state index in [1.54, 1.807) is 29.9 Å². The van der Waals surface area contributed by atoms with Gasteiger partial charge >= 0.3 is 0 Å². The third-order valence-corrected chi connectivity index (χ3v) is 6.72. The minimum Gasteiger partial charge on any atom is -0.351 e. The molecular formula is C22H22FN7O. The van der Waals surface area contributed by atoms with E-state index in [0.29, 0.717) is 35.1 Å². The summed E-state index contributed by atoms with van der Waals surface area (Å²) < 4.78 is 16.0. The topological polar surface area (TPSA) is 91.2 Å². The molecule has 1 saturated heterocycles. The highest BCUT2D eigenvalue weighted by molar-refractivity contribution is 5.93. The standard InChI is InChI=1S/C22H22FN7O/c1-12(31)30-9-13-4-16(5-14(13)10-30)27-22-26-8-18-17(7-25-20(18)28-22)15-6-19(23)21-24-2-3-29(21)11-15/h2-3,6-8,11,13-14,16H,4-5,9-10H2,1H3,(H2,25,26,27,28)/t13-,14+,16?. The maximum absolute atomic E-state index is 14.4. The van der Waals surface area contributed by atoms with Crippen molar-refractivity contribution in [2.45, 2.75) is 25.8 Å². The van der Waals surface area contributed by atoms with E-state index >= 15 is 0 Å². The first-order valence-electron chi connectivity index (χ1n) is 10.5. The summed E-state index contributed by atoms with van der Waals surface area (Å²) in [6.07, 6.45) is 10.8. The van der Waals surface area contributed by atoms with E-state index in [1.165, 1.54) is 6.07 Å². The summed E-state index contributed by atoms with van der Waals surface area (Å²) in [5.41, 5.74) is 2.59. The maximum atomic E-state index is 14.4. The summed E-state index contributed by atoms with van der Waals surface area (Å²) >= 11 is 0. The monoisotopic (exact) mass is 419 g/mol. The summed E-state index contributed by atoms with van der Waals surface area (Å²) in [6.45, 7) is 3.36. The summed E-state index contributed by atoms with van der Waals surface area (Å²) in [4.78, 5) is 29.9. The summed E-state index contributed by atoms with van der Waals surface area (Å²) in [5.74, 6) is 1.49. The number of aromatic amines is 1. The van der Waals surface area contributed by atoms with Crippen molar-refractivity contribution >= 4 is 28.5 Å². The van der Waals surface area contributed by atoms with E-state index in [0.717, 1.165) is 42.4 Å². The lowest BCUT2D eigenvalue weighted by molar-refractivity contribution is -0.128. The molecule has 6 rings (SSSR count). The molecule has 9 heteroatoms. The fourth-order valence-electron chi connectivity index (χ4n) is 5.21. The van der Waals surface area contributed by atoms with Gasteiger partial charge in [0.15, 0.2) is 11.5 Å². The van der Waals surface area contributed by atoms with Crippen LogP contribution in [0.5, 0.6) is 0 Å². The van der Waals surface area contributed by atoms with Crippen LogP contribution in [0.1, 0.15) is 19.8 Å². The number of amides is 1. The van der Waals surface area contributed by atoms with Gasteiger partial charge in [0.05, 0.1) is 0 Å². The molecule has 1 aliphatic carbocycles. The molecule has 1 unspecified atom stereocenters. The molecule has 5 heterocycles. The van der Waals surface area contributed by atoms with Crippen molar-refractivity contribution in [2.75, 3.05) is 18.4 Å². The van der Waals surface area contributed by atoms with Gasteiger partial charge in [-0.3, -0.25) is 4.79 Å². The number of carbonyl (C=O) groups excluding carboxylic acids is 1. The Morgan fingerprint density at radius 3 is 2.84 bits per heavy atom. The number of halogens is 1. The van der Waals surface area contributed by atoms with Crippen molar-refractivity contribution in [1.82, 2.24) is 29.2 Å². The Bertz CT molecular complexity index is 1300. The van der Waals surface area contributed by atoms with Crippen LogP contribution in [-0.2, 0) is 4.79 Å². The first-order valence-corrected chi connectivity index (χ1v) is 10.5. The van der Waals surface area contributed by atoms with Crippen LogP contribution in [-0.4, -0.2) is 54.3 Å². The van der Waals surface area contributed by atoms with Gasteiger partial charge in [0.25, 0.3) is 0 Å². The average molecular weight is 419 g/mol. The molecule has 1 saturated carbocycles. The van der Waals surface area contributed by atoms with Crippen LogP contribution in [0.3, 0.4) is 0 Å². The second kappa shape index (κ2) is 6.76. The highest BCUT2D eigenvalue weighted by atomic mass is 19.1. The molecule has 3 atom stereocenters. The normalized spacial score (nSPS) is 23.0. The smallest absolute Gasteiger partial charge is 0.224 e. The Morgan fingerprint density at radius 2 is 2.06 bits per heavy atom. The third kappa shape index (κ3) is 3.03. The zero-order valence-electron chi connectivity index (χ0n) is 17.0. The second-order valence-corrected chi connectivity index (χ2v) is 8.65. The quantitative estimate of drug-likeness (QED) is 0.533. The molecule has 4 aromatic rings. The van der Waals surface area contributed by atoms with Crippen molar-refractivity contribution in [3.8, 4) is 11.1 Å². The minimum absolute atomic E-state index is 0.169. The van der Waals surface area contributed by atoms with Crippen molar-refractivity contribution in [1.29, 1.82) is 0 Å². The molecule has 0 aromatic carbocycles. The number of likely N-dealkylation sites (tertiary alicyclic amines) is 1. The van der Waals surface area contributed by atoms with Gasteiger partial charge in [-0.1, -0.05) is 0 Å². The van der Waals surface area contributed by atoms with E-state index in [-0.39, 0.29) is 11.7 Å². The van der Waals surface area contributed by atoms with E-state index in [1.807, 2.05) is 17.3 Å². The number of hydrogen-bond donors (Lipinski definition) is 2. The number of rotatable bonds is 3. The van der Waals surface area contributed by atoms with Gasteiger partial charge in [-0.25, -0.2) is 14.4 Å². The Labute approximate surface area is 177 Å². The molecular weight excluding hydrogens is 397 g/mol. The Balaban J connectivity index is 1.22. The van der Waals surface area contributed by atoms with Crippen molar-refractivity contribution < 1.29 is 9.18 Å². The number of nitrogens with one attached hydrogen (secondary N) is 2. The molecule has 0 radical (unpaired) electrons. The van der Waals surface area contributed by atoms with Gasteiger partial charge in [0.1, 0.15) is 5.65 Å². The zero-order valence-corrected chi connectivity index (χ0v) is 17.0. The zero-order chi connectivity index (χ0) is 21.1. The fourth-order valence-corrected chi connectivity index (χ4v) is 5.21. The van der Waals surface area contributed by atoms with E-state index < -0.39 is 0 Å². The van der Waals surface area contributed by atoms with Crippen LogP contribution in [0.2, 0.25) is 0 Å². The molecule has 31 heavy (non-hydrogen) atoms. The lowest BCUT2D eigenvalue weighted by Gasteiger charge is -2.18. The van der Waals surface area contributed by atoms with Crippen LogP contribution in [0.4, 0.5) is 10.3 Å². The first-order chi connectivity index (χ1) is 15.0. The van der Waals surface area contributed by atoms with Gasteiger partial charge in [0, 0.05) is 73.6 Å². The Kier molecular flexibility index (Phi) is 3.99. The second-order valence-electron chi connectivity index (χ2n) is 8.65. The SMILES string of the molecule is CC(=O)N1C[C@H]2CC(Nc3ncc4c(-c5cc(F)c6nccn6c5)c[nH]c4n3)C[C@H]2C1. The molecule has 2 aliphatic rings. The maximum Gasteiger partial charge on any atom is 0.224 e. The van der Waals surface area contributed by atoms with Gasteiger partial charge in [0.2, 0.25) is 11.9 Å². The number of pyridine rings is 1. The lowest BCUT2D eigenvalue weighted by Crippen LogP contribution is -2.29. The van der Waals surface area contributed by atoms with E-state index in [9.17, 15) is 9.18 Å². The Morgan fingerprint density at radius 1 is 1.26 bits per heavy atom. The molecule has 158 valence electrons. The van der Waals surface area contributed by atoms with Crippen LogP contribution in [0, 0.1) is 17.7 Å². The Hall–Kier alpha value is -3.49. The predicted octanol–water partition coefficient (Wildman–Crippen LogP) is 3.08. The van der Waals surface area contributed by atoms with Crippen molar-refractivity contribution in [3.05, 3.63) is 42.9 Å². The van der Waals surface area contributed by atoms with E-state index in [4.69, 9.17) is 0 Å². The van der Waals surface area contributed by atoms with Crippen LogP contribution < -0.4 is 5.32 Å². The molecule has 8 nitrogen and oxygen atoms in total. The molecule has 2 fully saturated rings. The number of aromatic nitrogens is 5. The number of hydrogen-bond acceptors (Lipinski definition) is 5. The lowest BCUT2D eigenvalue weighted by atomic mass is 10.0. The minimum atomic E-state index is -0.369. The van der Waals surface area contributed by atoms with Gasteiger partial charge in [-0.2, -0.15) is 4.98 Å². The predicted molar refractivity (Wildman–Crippen MR) is 114 cm³/mol. The summed E-state index contributed by atoms with van der Waals surface area (Å²) in [6, 6.07) is 1.80. The van der Waals surface area contributed by atoms with Crippen LogP contribution >= 0.6 is 0 Å². The molecule has 1 amide bonds. The third-order valence-electron chi connectivity index (χ3n) is 6.72. The van der Waals surface area contributed by atoms with E-state index in [2.05, 4.69) is 25.3 Å². The van der Waals surface area contributed by atoms with Crippen LogP contribution in [0.15, 0.2) is 37.1 Å². The van der Waals surface area contributed by atoms with Crippen LogP contribution in [0.25, 0.3) is 27.8 Å². The van der Waals surface area contributed by atoms with Crippen molar-refractivity contribution in [3.63, 3.8) is 0 Å². The number of H-pyrrole nitrogens is 1. The van der Waals surface area contributed by atoms with Gasteiger partial charge in [-0.05, 0) is 30.7 Å². The van der Waals surface area contributed by atoms with Crippen molar-refractivity contribution in [2.24, 2.45) is 11.8 Å². The fraction of sp³-hybridized carbons (Fsp3) is 0.364.